The molecule has 1 atom stereocenters. The number of halogens is 2. The van der Waals surface area contributed by atoms with Crippen LogP contribution in [-0.4, -0.2) is 46.5 Å². The molecule has 1 saturated heterocycles. The molecule has 1 aromatic heterocycles. The Balaban J connectivity index is 1.46. The van der Waals surface area contributed by atoms with E-state index >= 15 is 0 Å². The van der Waals surface area contributed by atoms with Gasteiger partial charge in [0.1, 0.15) is 17.9 Å². The highest BCUT2D eigenvalue weighted by Crippen LogP contribution is 2.30. The molecule has 0 radical (unpaired) electrons. The molecule has 1 aliphatic rings. The van der Waals surface area contributed by atoms with Gasteiger partial charge in [0, 0.05) is 42.3 Å². The number of carbonyl (C=O) groups excluding carboxylic acids is 1. The van der Waals surface area contributed by atoms with Crippen LogP contribution >= 0.6 is 23.2 Å². The lowest BCUT2D eigenvalue weighted by molar-refractivity contribution is 0.0673. The highest BCUT2D eigenvalue weighted by Gasteiger charge is 2.29. The van der Waals surface area contributed by atoms with Crippen LogP contribution in [0.2, 0.25) is 10.0 Å². The van der Waals surface area contributed by atoms with Crippen molar-refractivity contribution in [2.45, 2.75) is 19.9 Å². The molecule has 3 aromatic rings. The van der Waals surface area contributed by atoms with Crippen LogP contribution in [0, 0.1) is 6.92 Å². The number of amides is 1. The summed E-state index contributed by atoms with van der Waals surface area (Å²) >= 11 is 12.3. The molecule has 1 fully saturated rings. The number of benzene rings is 2. The van der Waals surface area contributed by atoms with Crippen molar-refractivity contribution in [1.82, 2.24) is 14.9 Å². The molecule has 8 heteroatoms. The minimum atomic E-state index is -0.0181. The monoisotopic (exact) mass is 456 g/mol. The van der Waals surface area contributed by atoms with Gasteiger partial charge in [-0.25, -0.2) is 9.97 Å². The van der Waals surface area contributed by atoms with E-state index in [0.717, 1.165) is 11.4 Å². The van der Waals surface area contributed by atoms with Crippen LogP contribution < -0.4 is 9.64 Å². The Labute approximate surface area is 191 Å². The number of aryl methyl sites for hydroxylation is 1. The summed E-state index contributed by atoms with van der Waals surface area (Å²) in [5, 5.41) is 1.08. The molecular weight excluding hydrogens is 435 g/mol. The van der Waals surface area contributed by atoms with Crippen molar-refractivity contribution in [3.05, 3.63) is 76.0 Å². The quantitative estimate of drug-likeness (QED) is 0.537. The first-order valence-corrected chi connectivity index (χ1v) is 10.7. The van der Waals surface area contributed by atoms with Gasteiger partial charge in [0.15, 0.2) is 0 Å². The van der Waals surface area contributed by atoms with Crippen molar-refractivity contribution in [2.24, 2.45) is 0 Å². The summed E-state index contributed by atoms with van der Waals surface area (Å²) in [5.41, 5.74) is 1.64. The molecule has 0 bridgehead atoms. The first-order chi connectivity index (χ1) is 14.9. The number of ether oxygens (including phenoxy) is 1. The van der Waals surface area contributed by atoms with Crippen molar-refractivity contribution in [3.63, 3.8) is 0 Å². The summed E-state index contributed by atoms with van der Waals surface area (Å²) in [6.45, 7) is 5.88. The van der Waals surface area contributed by atoms with Crippen LogP contribution in [0.5, 0.6) is 11.6 Å². The van der Waals surface area contributed by atoms with Crippen molar-refractivity contribution in [2.75, 3.05) is 24.5 Å². The second-order valence-electron chi connectivity index (χ2n) is 7.55. The third-order valence-electron chi connectivity index (χ3n) is 5.21. The van der Waals surface area contributed by atoms with Gasteiger partial charge in [-0.05, 0) is 49.7 Å². The lowest BCUT2D eigenvalue weighted by Crippen LogP contribution is -2.54. The lowest BCUT2D eigenvalue weighted by Gasteiger charge is -2.40. The number of anilines is 1. The van der Waals surface area contributed by atoms with Gasteiger partial charge in [-0.2, -0.15) is 0 Å². The first-order valence-electron chi connectivity index (χ1n) is 9.98. The molecule has 6 nitrogen and oxygen atoms in total. The average molecular weight is 457 g/mol. The van der Waals surface area contributed by atoms with Gasteiger partial charge in [-0.3, -0.25) is 4.79 Å². The Kier molecular flexibility index (Phi) is 6.30. The number of hydrogen-bond acceptors (Lipinski definition) is 5. The predicted octanol–water partition coefficient (Wildman–Crippen LogP) is 5.24. The van der Waals surface area contributed by atoms with Crippen LogP contribution in [0.1, 0.15) is 22.8 Å². The minimum Gasteiger partial charge on any atom is -0.437 e. The Morgan fingerprint density at radius 3 is 2.71 bits per heavy atom. The number of hydrogen-bond donors (Lipinski definition) is 0. The van der Waals surface area contributed by atoms with Gasteiger partial charge >= 0.3 is 0 Å². The fourth-order valence-corrected chi connectivity index (χ4v) is 3.96. The van der Waals surface area contributed by atoms with Crippen LogP contribution in [0.4, 0.5) is 5.82 Å². The zero-order chi connectivity index (χ0) is 22.0. The number of nitrogens with zero attached hydrogens (tertiary/aromatic N) is 4. The predicted molar refractivity (Wildman–Crippen MR) is 122 cm³/mol. The summed E-state index contributed by atoms with van der Waals surface area (Å²) in [6.07, 6.45) is 1.47. The van der Waals surface area contributed by atoms with Gasteiger partial charge in [0.05, 0.1) is 5.02 Å². The van der Waals surface area contributed by atoms with Gasteiger partial charge < -0.3 is 14.5 Å². The molecule has 160 valence electrons. The highest BCUT2D eigenvalue weighted by atomic mass is 35.5. The van der Waals surface area contributed by atoms with Gasteiger partial charge in [-0.15, -0.1) is 0 Å². The highest BCUT2D eigenvalue weighted by molar-refractivity contribution is 6.32. The molecule has 4 rings (SSSR count). The fourth-order valence-electron chi connectivity index (χ4n) is 3.61. The molecule has 0 aliphatic carbocycles. The van der Waals surface area contributed by atoms with E-state index in [1.807, 2.05) is 30.9 Å². The summed E-state index contributed by atoms with van der Waals surface area (Å²) in [6, 6.07) is 14.4. The zero-order valence-electron chi connectivity index (χ0n) is 17.3. The third-order valence-corrected chi connectivity index (χ3v) is 5.76. The molecule has 31 heavy (non-hydrogen) atoms. The van der Waals surface area contributed by atoms with Gasteiger partial charge in [0.2, 0.25) is 5.88 Å². The Morgan fingerprint density at radius 1 is 1.10 bits per heavy atom. The smallest absolute Gasteiger partial charge is 0.254 e. The molecule has 1 unspecified atom stereocenters. The summed E-state index contributed by atoms with van der Waals surface area (Å²) in [4.78, 5) is 25.5. The summed E-state index contributed by atoms with van der Waals surface area (Å²) in [5.74, 6) is 1.70. The molecule has 0 spiro atoms. The number of piperazine rings is 1. The Bertz CT molecular complexity index is 1110. The van der Waals surface area contributed by atoms with Crippen LogP contribution in [0.25, 0.3) is 0 Å². The molecule has 1 amide bonds. The van der Waals surface area contributed by atoms with E-state index in [0.29, 0.717) is 46.9 Å². The molecule has 0 N–H and O–H groups in total. The fraction of sp³-hybridized carbons (Fsp3) is 0.261. The number of carbonyl (C=O) groups is 1. The van der Waals surface area contributed by atoms with Crippen molar-refractivity contribution in [3.8, 4) is 11.6 Å². The van der Waals surface area contributed by atoms with Gasteiger partial charge in [-0.1, -0.05) is 35.3 Å². The van der Waals surface area contributed by atoms with Crippen LogP contribution in [0.3, 0.4) is 0 Å². The van der Waals surface area contributed by atoms with E-state index in [1.54, 1.807) is 36.4 Å². The third kappa shape index (κ3) is 4.92. The van der Waals surface area contributed by atoms with E-state index in [4.69, 9.17) is 27.9 Å². The first kappa shape index (κ1) is 21.4. The topological polar surface area (TPSA) is 58.6 Å². The second-order valence-corrected chi connectivity index (χ2v) is 8.40. The molecule has 2 heterocycles. The van der Waals surface area contributed by atoms with E-state index < -0.39 is 0 Å². The number of rotatable bonds is 4. The number of aromatic nitrogens is 2. The lowest BCUT2D eigenvalue weighted by atomic mass is 10.1. The Hall–Kier alpha value is -2.83. The summed E-state index contributed by atoms with van der Waals surface area (Å²) in [7, 11) is 0. The van der Waals surface area contributed by atoms with Gasteiger partial charge in [0.25, 0.3) is 5.91 Å². The second kappa shape index (κ2) is 9.12. The van der Waals surface area contributed by atoms with E-state index in [1.165, 1.54) is 6.33 Å². The van der Waals surface area contributed by atoms with E-state index in [9.17, 15) is 4.79 Å². The molecule has 0 saturated carbocycles. The Morgan fingerprint density at radius 2 is 1.94 bits per heavy atom. The molecule has 1 aliphatic heterocycles. The standard InChI is InChI=1S/C23H22Cl2N4O2/c1-15-6-7-19(25)20(10-15)31-22-12-21(26-14-27-22)28-8-9-29(16(2)13-28)23(30)17-4-3-5-18(24)11-17/h3-7,10-12,14,16H,8-9,13H2,1-2H3. The largest absolute Gasteiger partial charge is 0.437 e. The average Bonchev–Trinajstić information content (AvgIpc) is 2.76. The maximum Gasteiger partial charge on any atom is 0.254 e. The van der Waals surface area contributed by atoms with Crippen molar-refractivity contribution >= 4 is 34.9 Å². The molecular formula is C23H22Cl2N4O2. The van der Waals surface area contributed by atoms with E-state index in [2.05, 4.69) is 14.9 Å². The maximum absolute atomic E-state index is 12.9. The normalized spacial score (nSPS) is 16.3. The molecule has 2 aromatic carbocycles. The summed E-state index contributed by atoms with van der Waals surface area (Å²) < 4.78 is 5.89. The van der Waals surface area contributed by atoms with Crippen molar-refractivity contribution < 1.29 is 9.53 Å². The zero-order valence-corrected chi connectivity index (χ0v) is 18.8. The van der Waals surface area contributed by atoms with E-state index in [-0.39, 0.29) is 11.9 Å². The van der Waals surface area contributed by atoms with Crippen LogP contribution in [0.15, 0.2) is 54.9 Å². The maximum atomic E-state index is 12.9. The van der Waals surface area contributed by atoms with Crippen molar-refractivity contribution in [1.29, 1.82) is 0 Å². The minimum absolute atomic E-state index is 0.00535. The SMILES string of the molecule is Cc1ccc(Cl)c(Oc2cc(N3CCN(C(=O)c4cccc(Cl)c4)C(C)C3)ncn2)c1. The van der Waals surface area contributed by atoms with Crippen LogP contribution in [-0.2, 0) is 0 Å².